The second kappa shape index (κ2) is 4.14. The largest absolute Gasteiger partial charge is 0.508 e. The second-order valence-electron chi connectivity index (χ2n) is 3.55. The highest BCUT2D eigenvalue weighted by Crippen LogP contribution is 2.28. The Morgan fingerprint density at radius 2 is 1.50 bits per heavy atom. The maximum atomic E-state index is 9.25. The molecule has 0 unspecified atom stereocenters. The second-order valence-corrected chi connectivity index (χ2v) is 3.55. The number of aryl methyl sites for hydroxylation is 1. The number of hydrogen-bond acceptors (Lipinski definition) is 3. The van der Waals surface area contributed by atoms with Crippen LogP contribution < -0.4 is 4.74 Å². The Morgan fingerprint density at radius 3 is 2.12 bits per heavy atom. The quantitative estimate of drug-likeness (QED) is 0.810. The third-order valence-electron chi connectivity index (χ3n) is 2.22. The zero-order chi connectivity index (χ0) is 11.5. The van der Waals surface area contributed by atoms with Gasteiger partial charge in [-0.15, -0.1) is 0 Å². The van der Waals surface area contributed by atoms with Gasteiger partial charge in [0.05, 0.1) is 0 Å². The first kappa shape index (κ1) is 10.4. The lowest BCUT2D eigenvalue weighted by Gasteiger charge is -2.08. The van der Waals surface area contributed by atoms with E-state index in [-0.39, 0.29) is 11.5 Å². The molecule has 0 amide bonds. The molecule has 2 aromatic carbocycles. The fourth-order valence-corrected chi connectivity index (χ4v) is 1.39. The molecule has 0 saturated carbocycles. The standard InChI is InChI=1S/C13H12O3/c1-9-8-11(15)4-7-13(9)16-12-5-2-10(14)3-6-12/h2-8,14-15H,1H3. The Labute approximate surface area is 93.6 Å². The number of ether oxygens (including phenoxy) is 1. The molecule has 2 aromatic rings. The molecule has 0 heterocycles. The predicted molar refractivity (Wildman–Crippen MR) is 61.0 cm³/mol. The fourth-order valence-electron chi connectivity index (χ4n) is 1.39. The van der Waals surface area contributed by atoms with Crippen molar-refractivity contribution in [1.82, 2.24) is 0 Å². The Kier molecular flexibility index (Phi) is 2.68. The summed E-state index contributed by atoms with van der Waals surface area (Å²) in [5.74, 6) is 1.75. The molecule has 0 radical (unpaired) electrons. The summed E-state index contributed by atoms with van der Waals surface area (Å²) in [6.45, 7) is 1.86. The van der Waals surface area contributed by atoms with Gasteiger partial charge >= 0.3 is 0 Å². The van der Waals surface area contributed by atoms with Crippen LogP contribution in [0.1, 0.15) is 5.56 Å². The smallest absolute Gasteiger partial charge is 0.130 e. The Morgan fingerprint density at radius 1 is 0.875 bits per heavy atom. The third kappa shape index (κ3) is 2.25. The van der Waals surface area contributed by atoms with Crippen molar-refractivity contribution < 1.29 is 14.9 Å². The first-order chi connectivity index (χ1) is 7.65. The minimum atomic E-state index is 0.203. The van der Waals surface area contributed by atoms with E-state index in [9.17, 15) is 5.11 Å². The van der Waals surface area contributed by atoms with Crippen LogP contribution in [0.3, 0.4) is 0 Å². The fraction of sp³-hybridized carbons (Fsp3) is 0.0769. The predicted octanol–water partition coefficient (Wildman–Crippen LogP) is 3.20. The molecule has 3 heteroatoms. The number of aromatic hydroxyl groups is 2. The molecule has 0 aromatic heterocycles. The molecule has 0 aliphatic rings. The summed E-state index contributed by atoms with van der Waals surface area (Å²) in [6, 6.07) is 11.4. The van der Waals surface area contributed by atoms with Crippen molar-refractivity contribution in [1.29, 1.82) is 0 Å². The highest BCUT2D eigenvalue weighted by Gasteiger charge is 2.02. The van der Waals surface area contributed by atoms with Crippen LogP contribution in [-0.4, -0.2) is 10.2 Å². The Bertz CT molecular complexity index is 489. The van der Waals surface area contributed by atoms with E-state index in [2.05, 4.69) is 0 Å². The van der Waals surface area contributed by atoms with Gasteiger partial charge in [0.2, 0.25) is 0 Å². The van der Waals surface area contributed by atoms with Gasteiger partial charge in [0.1, 0.15) is 23.0 Å². The van der Waals surface area contributed by atoms with Crippen LogP contribution >= 0.6 is 0 Å². The average molecular weight is 216 g/mol. The van der Waals surface area contributed by atoms with Gasteiger partial charge in [0.25, 0.3) is 0 Å². The molecule has 2 rings (SSSR count). The molecule has 0 aliphatic carbocycles. The molecule has 16 heavy (non-hydrogen) atoms. The van der Waals surface area contributed by atoms with Crippen molar-refractivity contribution in [2.75, 3.05) is 0 Å². The minimum absolute atomic E-state index is 0.203. The van der Waals surface area contributed by atoms with Crippen molar-refractivity contribution in [3.05, 3.63) is 48.0 Å². The summed E-state index contributed by atoms with van der Waals surface area (Å²) in [7, 11) is 0. The average Bonchev–Trinajstić information content (AvgIpc) is 2.25. The van der Waals surface area contributed by atoms with Crippen LogP contribution in [0.4, 0.5) is 0 Å². The highest BCUT2D eigenvalue weighted by molar-refractivity contribution is 5.42. The first-order valence-electron chi connectivity index (χ1n) is 4.91. The number of benzene rings is 2. The van der Waals surface area contributed by atoms with Gasteiger partial charge in [0.15, 0.2) is 0 Å². The number of phenolic OH excluding ortho intramolecular Hbond substituents is 2. The van der Waals surface area contributed by atoms with Gasteiger partial charge in [-0.1, -0.05) is 0 Å². The van der Waals surface area contributed by atoms with Crippen LogP contribution in [0.5, 0.6) is 23.0 Å². The van der Waals surface area contributed by atoms with Gasteiger partial charge in [-0.2, -0.15) is 0 Å². The summed E-state index contributed by atoms with van der Waals surface area (Å²) in [4.78, 5) is 0. The van der Waals surface area contributed by atoms with E-state index in [0.29, 0.717) is 11.5 Å². The van der Waals surface area contributed by atoms with Crippen molar-refractivity contribution in [3.8, 4) is 23.0 Å². The van der Waals surface area contributed by atoms with Crippen molar-refractivity contribution in [3.63, 3.8) is 0 Å². The molecule has 0 spiro atoms. The lowest BCUT2D eigenvalue weighted by molar-refractivity contribution is 0.456. The van der Waals surface area contributed by atoms with Crippen LogP contribution in [0, 0.1) is 6.92 Å². The zero-order valence-corrected chi connectivity index (χ0v) is 8.84. The van der Waals surface area contributed by atoms with E-state index < -0.39 is 0 Å². The third-order valence-corrected chi connectivity index (χ3v) is 2.22. The summed E-state index contributed by atoms with van der Waals surface area (Å²) >= 11 is 0. The summed E-state index contributed by atoms with van der Waals surface area (Å²) in [5, 5.41) is 18.4. The SMILES string of the molecule is Cc1cc(O)ccc1Oc1ccc(O)cc1. The molecule has 0 aliphatic heterocycles. The topological polar surface area (TPSA) is 49.7 Å². The number of phenols is 2. The number of rotatable bonds is 2. The maximum Gasteiger partial charge on any atom is 0.130 e. The molecular formula is C13H12O3. The summed E-state index contributed by atoms with van der Waals surface area (Å²) < 4.78 is 5.60. The van der Waals surface area contributed by atoms with Gasteiger partial charge in [-0.3, -0.25) is 0 Å². The van der Waals surface area contributed by atoms with Crippen molar-refractivity contribution in [2.45, 2.75) is 6.92 Å². The summed E-state index contributed by atoms with van der Waals surface area (Å²) in [6.07, 6.45) is 0. The molecule has 2 N–H and O–H groups in total. The van der Waals surface area contributed by atoms with E-state index in [1.54, 1.807) is 42.5 Å². The summed E-state index contributed by atoms with van der Waals surface area (Å²) in [5.41, 5.74) is 0.855. The lowest BCUT2D eigenvalue weighted by atomic mass is 10.2. The van der Waals surface area contributed by atoms with E-state index in [1.165, 1.54) is 0 Å². The molecule has 82 valence electrons. The first-order valence-corrected chi connectivity index (χ1v) is 4.91. The Balaban J connectivity index is 2.23. The van der Waals surface area contributed by atoms with Gasteiger partial charge in [-0.05, 0) is 55.0 Å². The van der Waals surface area contributed by atoms with E-state index in [0.717, 1.165) is 5.56 Å². The van der Waals surface area contributed by atoms with E-state index in [1.807, 2.05) is 6.92 Å². The van der Waals surface area contributed by atoms with Crippen LogP contribution in [0.2, 0.25) is 0 Å². The molecule has 3 nitrogen and oxygen atoms in total. The molecule has 0 saturated heterocycles. The molecule has 0 bridgehead atoms. The highest BCUT2D eigenvalue weighted by atomic mass is 16.5. The normalized spacial score (nSPS) is 10.1. The van der Waals surface area contributed by atoms with Gasteiger partial charge < -0.3 is 14.9 Å². The van der Waals surface area contributed by atoms with Crippen molar-refractivity contribution >= 4 is 0 Å². The molecule has 0 fully saturated rings. The molecule has 0 atom stereocenters. The van der Waals surface area contributed by atoms with E-state index >= 15 is 0 Å². The van der Waals surface area contributed by atoms with Gasteiger partial charge in [-0.25, -0.2) is 0 Å². The van der Waals surface area contributed by atoms with Crippen molar-refractivity contribution in [2.24, 2.45) is 0 Å². The van der Waals surface area contributed by atoms with Gasteiger partial charge in [0, 0.05) is 0 Å². The maximum absolute atomic E-state index is 9.25. The minimum Gasteiger partial charge on any atom is -0.508 e. The zero-order valence-electron chi connectivity index (χ0n) is 8.84. The number of hydrogen-bond donors (Lipinski definition) is 2. The Hall–Kier alpha value is -2.16. The van der Waals surface area contributed by atoms with Crippen LogP contribution in [-0.2, 0) is 0 Å². The monoisotopic (exact) mass is 216 g/mol. The molecular weight excluding hydrogens is 204 g/mol. The lowest BCUT2D eigenvalue weighted by Crippen LogP contribution is -1.86. The van der Waals surface area contributed by atoms with Crippen LogP contribution in [0.15, 0.2) is 42.5 Å². The van der Waals surface area contributed by atoms with Crippen LogP contribution in [0.25, 0.3) is 0 Å². The van der Waals surface area contributed by atoms with E-state index in [4.69, 9.17) is 9.84 Å².